The highest BCUT2D eigenvalue weighted by molar-refractivity contribution is 9.10. The van der Waals surface area contributed by atoms with Gasteiger partial charge < -0.3 is 5.43 Å². The summed E-state index contributed by atoms with van der Waals surface area (Å²) in [5, 5.41) is 0. The summed E-state index contributed by atoms with van der Waals surface area (Å²) >= 11 is 5.17. The Labute approximate surface area is 131 Å². The minimum absolute atomic E-state index is 0.347. The zero-order chi connectivity index (χ0) is 14.5. The molecular formula is C14H17BrN4S. The van der Waals surface area contributed by atoms with Gasteiger partial charge in [0, 0.05) is 21.1 Å². The number of nitrogens with one attached hydrogen (secondary N) is 1. The van der Waals surface area contributed by atoms with Crippen molar-refractivity contribution in [3.63, 3.8) is 0 Å². The van der Waals surface area contributed by atoms with Crippen LogP contribution in [0.15, 0.2) is 39.7 Å². The first-order valence-electron chi connectivity index (χ1n) is 6.31. The van der Waals surface area contributed by atoms with Crippen LogP contribution in [0.1, 0.15) is 31.3 Å². The van der Waals surface area contributed by atoms with Crippen LogP contribution in [0.3, 0.4) is 0 Å². The fraction of sp³-hybridized carbons (Fsp3) is 0.286. The number of nitrogens with zero attached hydrogens (tertiary/aromatic N) is 2. The number of nitrogens with two attached hydrogens (primary N) is 1. The van der Waals surface area contributed by atoms with Gasteiger partial charge >= 0.3 is 0 Å². The van der Waals surface area contributed by atoms with Gasteiger partial charge in [-0.05, 0) is 24.1 Å². The fourth-order valence-electron chi connectivity index (χ4n) is 1.66. The summed E-state index contributed by atoms with van der Waals surface area (Å²) in [6.45, 7) is 4.21. The van der Waals surface area contributed by atoms with Gasteiger partial charge in [-0.15, -0.1) is 11.8 Å². The van der Waals surface area contributed by atoms with Crippen molar-refractivity contribution < 1.29 is 0 Å². The Balaban J connectivity index is 2.14. The number of hydrogen-bond acceptors (Lipinski definition) is 5. The normalized spacial score (nSPS) is 10.8. The Morgan fingerprint density at radius 1 is 1.30 bits per heavy atom. The number of aromatic nitrogens is 2. The molecule has 0 amide bonds. The molecule has 106 valence electrons. The molecule has 0 aliphatic heterocycles. The molecule has 1 heterocycles. The Hall–Kier alpha value is -1.11. The monoisotopic (exact) mass is 352 g/mol. The lowest BCUT2D eigenvalue weighted by Gasteiger charge is -2.10. The van der Waals surface area contributed by atoms with E-state index in [4.69, 9.17) is 5.84 Å². The molecule has 20 heavy (non-hydrogen) atoms. The number of anilines is 1. The second-order valence-electron chi connectivity index (χ2n) is 4.64. The highest BCUT2D eigenvalue weighted by Crippen LogP contribution is 2.25. The van der Waals surface area contributed by atoms with Crippen LogP contribution in [0.2, 0.25) is 0 Å². The van der Waals surface area contributed by atoms with E-state index < -0.39 is 0 Å². The Morgan fingerprint density at radius 3 is 2.75 bits per heavy atom. The molecule has 4 nitrogen and oxygen atoms in total. The largest absolute Gasteiger partial charge is 0.308 e. The van der Waals surface area contributed by atoms with Crippen LogP contribution in [0.25, 0.3) is 0 Å². The Bertz CT molecular complexity index is 589. The van der Waals surface area contributed by atoms with Gasteiger partial charge in [0.1, 0.15) is 11.6 Å². The van der Waals surface area contributed by atoms with Gasteiger partial charge in [-0.1, -0.05) is 35.8 Å². The van der Waals surface area contributed by atoms with E-state index in [0.29, 0.717) is 17.5 Å². The van der Waals surface area contributed by atoms with Crippen molar-refractivity contribution in [1.82, 2.24) is 9.97 Å². The number of halogens is 1. The van der Waals surface area contributed by atoms with E-state index in [-0.39, 0.29) is 0 Å². The first kappa shape index (κ1) is 15.3. The number of hydrogen-bond donors (Lipinski definition) is 2. The fourth-order valence-corrected chi connectivity index (χ4v) is 3.02. The minimum atomic E-state index is 0.347. The molecule has 0 spiro atoms. The van der Waals surface area contributed by atoms with Crippen molar-refractivity contribution in [1.29, 1.82) is 0 Å². The van der Waals surface area contributed by atoms with Crippen LogP contribution in [-0.4, -0.2) is 9.97 Å². The molecule has 3 N–H and O–H groups in total. The predicted octanol–water partition coefficient (Wildman–Crippen LogP) is 3.94. The lowest BCUT2D eigenvalue weighted by molar-refractivity contribution is 0.800. The van der Waals surface area contributed by atoms with E-state index in [2.05, 4.69) is 57.3 Å². The molecule has 0 radical (unpaired) electrons. The summed E-state index contributed by atoms with van der Waals surface area (Å²) in [6, 6.07) is 10.1. The third kappa shape index (κ3) is 4.19. The lowest BCUT2D eigenvalue weighted by Crippen LogP contribution is -2.11. The van der Waals surface area contributed by atoms with Crippen molar-refractivity contribution >= 4 is 33.5 Å². The Morgan fingerprint density at radius 2 is 2.10 bits per heavy atom. The van der Waals surface area contributed by atoms with Gasteiger partial charge in [0.2, 0.25) is 0 Å². The number of hydrazine groups is 1. The molecule has 2 rings (SSSR count). The molecule has 0 bridgehead atoms. The van der Waals surface area contributed by atoms with Crippen molar-refractivity contribution in [2.75, 3.05) is 5.43 Å². The zero-order valence-corrected chi connectivity index (χ0v) is 13.8. The SMILES string of the molecule is CC(C)c1cc(NN)nc(CSc2cccc(Br)c2)n1. The average Bonchev–Trinajstić information content (AvgIpc) is 2.45. The second kappa shape index (κ2) is 7.06. The lowest BCUT2D eigenvalue weighted by atomic mass is 10.1. The highest BCUT2D eigenvalue weighted by Gasteiger charge is 2.08. The molecule has 0 saturated carbocycles. The number of thioether (sulfide) groups is 1. The third-order valence-corrected chi connectivity index (χ3v) is 4.18. The first-order chi connectivity index (χ1) is 9.58. The van der Waals surface area contributed by atoms with Crippen LogP contribution >= 0.6 is 27.7 Å². The topological polar surface area (TPSA) is 63.8 Å². The van der Waals surface area contributed by atoms with E-state index in [1.165, 1.54) is 4.90 Å². The molecule has 0 atom stereocenters. The molecule has 0 unspecified atom stereocenters. The van der Waals surface area contributed by atoms with E-state index >= 15 is 0 Å². The maximum absolute atomic E-state index is 5.46. The summed E-state index contributed by atoms with van der Waals surface area (Å²) in [5.74, 6) is 7.97. The number of rotatable bonds is 5. The van der Waals surface area contributed by atoms with Gasteiger partial charge in [0.05, 0.1) is 5.75 Å². The van der Waals surface area contributed by atoms with Gasteiger partial charge in [0.25, 0.3) is 0 Å². The average molecular weight is 353 g/mol. The molecule has 0 aliphatic carbocycles. The first-order valence-corrected chi connectivity index (χ1v) is 8.09. The maximum atomic E-state index is 5.46. The molecule has 0 aliphatic rings. The third-order valence-electron chi connectivity index (χ3n) is 2.70. The predicted molar refractivity (Wildman–Crippen MR) is 87.6 cm³/mol. The van der Waals surface area contributed by atoms with Crippen molar-refractivity contribution in [3.8, 4) is 0 Å². The molecule has 2 aromatic rings. The molecule has 6 heteroatoms. The number of nitrogen functional groups attached to an aromatic ring is 1. The molecule has 0 saturated heterocycles. The van der Waals surface area contributed by atoms with Gasteiger partial charge in [0.15, 0.2) is 0 Å². The van der Waals surface area contributed by atoms with Gasteiger partial charge in [-0.25, -0.2) is 15.8 Å². The zero-order valence-electron chi connectivity index (χ0n) is 11.4. The molecule has 1 aromatic heterocycles. The molecule has 1 aromatic carbocycles. The minimum Gasteiger partial charge on any atom is -0.308 e. The Kier molecular flexibility index (Phi) is 5.39. The van der Waals surface area contributed by atoms with Crippen molar-refractivity contribution in [3.05, 3.63) is 46.3 Å². The van der Waals surface area contributed by atoms with Crippen LogP contribution in [-0.2, 0) is 5.75 Å². The molecule has 0 fully saturated rings. The van der Waals surface area contributed by atoms with Crippen LogP contribution < -0.4 is 11.3 Å². The summed E-state index contributed by atoms with van der Waals surface area (Å²) in [7, 11) is 0. The maximum Gasteiger partial charge on any atom is 0.143 e. The van der Waals surface area contributed by atoms with E-state index in [0.717, 1.165) is 16.0 Å². The van der Waals surface area contributed by atoms with Crippen LogP contribution in [0, 0.1) is 0 Å². The van der Waals surface area contributed by atoms with E-state index in [9.17, 15) is 0 Å². The summed E-state index contributed by atoms with van der Waals surface area (Å²) in [5.41, 5.74) is 3.60. The van der Waals surface area contributed by atoms with Gasteiger partial charge in [-0.2, -0.15) is 0 Å². The summed E-state index contributed by atoms with van der Waals surface area (Å²) in [6.07, 6.45) is 0. The van der Waals surface area contributed by atoms with Crippen molar-refractivity contribution in [2.24, 2.45) is 5.84 Å². The molecular weight excluding hydrogens is 336 g/mol. The van der Waals surface area contributed by atoms with Crippen molar-refractivity contribution in [2.45, 2.75) is 30.4 Å². The van der Waals surface area contributed by atoms with E-state index in [1.807, 2.05) is 18.2 Å². The van der Waals surface area contributed by atoms with E-state index in [1.54, 1.807) is 11.8 Å². The quantitative estimate of drug-likeness (QED) is 0.484. The van der Waals surface area contributed by atoms with Crippen LogP contribution in [0.5, 0.6) is 0 Å². The van der Waals surface area contributed by atoms with Crippen LogP contribution in [0.4, 0.5) is 5.82 Å². The standard InChI is InChI=1S/C14H17BrN4S/c1-9(2)12-7-13(19-16)18-14(17-12)8-20-11-5-3-4-10(15)6-11/h3-7,9H,8,16H2,1-2H3,(H,17,18,19). The van der Waals surface area contributed by atoms with Gasteiger partial charge in [-0.3, -0.25) is 0 Å². The second-order valence-corrected chi connectivity index (χ2v) is 6.60. The summed E-state index contributed by atoms with van der Waals surface area (Å²) in [4.78, 5) is 10.2. The smallest absolute Gasteiger partial charge is 0.143 e. The highest BCUT2D eigenvalue weighted by atomic mass is 79.9. The summed E-state index contributed by atoms with van der Waals surface area (Å²) < 4.78 is 1.07. The number of benzene rings is 1.